The van der Waals surface area contributed by atoms with Gasteiger partial charge in [-0.2, -0.15) is 0 Å². The molecule has 0 aliphatic heterocycles. The van der Waals surface area contributed by atoms with Crippen LogP contribution in [0.5, 0.6) is 0 Å². The van der Waals surface area contributed by atoms with Crippen molar-refractivity contribution in [2.45, 2.75) is 12.5 Å². The molecule has 0 aliphatic carbocycles. The maximum atomic E-state index is 12.9. The fraction of sp³-hybridized carbons (Fsp3) is 0.455. The molecule has 4 N–H and O–H groups in total. The highest BCUT2D eigenvalue weighted by molar-refractivity contribution is 5.54. The maximum Gasteiger partial charge on any atom is 0.127 e. The van der Waals surface area contributed by atoms with Gasteiger partial charge in [0.15, 0.2) is 0 Å². The van der Waals surface area contributed by atoms with Crippen molar-refractivity contribution in [1.29, 1.82) is 0 Å². The van der Waals surface area contributed by atoms with Crippen LogP contribution in [-0.4, -0.2) is 31.5 Å². The molecule has 90 valence electrons. The zero-order valence-electron chi connectivity index (χ0n) is 9.24. The Balaban J connectivity index is 2.37. The monoisotopic (exact) mass is 228 g/mol. The van der Waals surface area contributed by atoms with Gasteiger partial charge in [0, 0.05) is 25.0 Å². The molecule has 1 atom stereocenters. The number of ether oxygens (including phenoxy) is 1. The van der Waals surface area contributed by atoms with Crippen molar-refractivity contribution in [3.63, 3.8) is 0 Å². The van der Waals surface area contributed by atoms with Crippen molar-refractivity contribution in [2.75, 3.05) is 31.3 Å². The van der Waals surface area contributed by atoms with Crippen molar-refractivity contribution in [1.82, 2.24) is 0 Å². The zero-order valence-corrected chi connectivity index (χ0v) is 9.24. The van der Waals surface area contributed by atoms with Crippen molar-refractivity contribution in [3.8, 4) is 0 Å². The average molecular weight is 228 g/mol. The predicted octanol–water partition coefficient (Wildman–Crippen LogP) is 1.22. The SMILES string of the molecule is COCC(O)CCNc1cc(N)cc(F)c1. The molecule has 0 fully saturated rings. The number of nitrogens with one attached hydrogen (secondary N) is 1. The first-order chi connectivity index (χ1) is 7.61. The molecular formula is C11H17FN2O2. The summed E-state index contributed by atoms with van der Waals surface area (Å²) in [5.74, 6) is -0.375. The highest BCUT2D eigenvalue weighted by Crippen LogP contribution is 2.15. The Labute approximate surface area is 94.2 Å². The number of aliphatic hydroxyl groups is 1. The number of halogens is 1. The number of benzene rings is 1. The van der Waals surface area contributed by atoms with Crippen LogP contribution in [0, 0.1) is 5.82 Å². The molecule has 0 radical (unpaired) electrons. The van der Waals surface area contributed by atoms with Crippen LogP contribution in [-0.2, 0) is 4.74 Å². The summed E-state index contributed by atoms with van der Waals surface area (Å²) in [5, 5.41) is 12.4. The van der Waals surface area contributed by atoms with Crippen molar-refractivity contribution in [3.05, 3.63) is 24.0 Å². The molecule has 0 aliphatic rings. The fourth-order valence-electron chi connectivity index (χ4n) is 1.37. The summed E-state index contributed by atoms with van der Waals surface area (Å²) in [5.41, 5.74) is 6.48. The van der Waals surface area contributed by atoms with E-state index in [2.05, 4.69) is 5.32 Å². The van der Waals surface area contributed by atoms with E-state index in [4.69, 9.17) is 10.5 Å². The van der Waals surface area contributed by atoms with Gasteiger partial charge in [-0.25, -0.2) is 4.39 Å². The quantitative estimate of drug-likeness (QED) is 0.640. The van der Waals surface area contributed by atoms with Crippen LogP contribution in [0.25, 0.3) is 0 Å². The molecule has 1 rings (SSSR count). The molecule has 16 heavy (non-hydrogen) atoms. The van der Waals surface area contributed by atoms with Crippen LogP contribution in [0.2, 0.25) is 0 Å². The van der Waals surface area contributed by atoms with Crippen LogP contribution < -0.4 is 11.1 Å². The first kappa shape index (κ1) is 12.7. The van der Waals surface area contributed by atoms with Crippen molar-refractivity contribution >= 4 is 11.4 Å². The van der Waals surface area contributed by atoms with E-state index in [1.807, 2.05) is 0 Å². The molecule has 0 bridgehead atoms. The topological polar surface area (TPSA) is 67.5 Å². The number of aliphatic hydroxyl groups excluding tert-OH is 1. The molecule has 1 aromatic carbocycles. The minimum atomic E-state index is -0.511. The van der Waals surface area contributed by atoms with Crippen LogP contribution >= 0.6 is 0 Å². The highest BCUT2D eigenvalue weighted by Gasteiger charge is 2.03. The van der Waals surface area contributed by atoms with E-state index in [-0.39, 0.29) is 5.82 Å². The van der Waals surface area contributed by atoms with Gasteiger partial charge in [-0.15, -0.1) is 0 Å². The normalized spacial score (nSPS) is 12.4. The molecular weight excluding hydrogens is 211 g/mol. The van der Waals surface area contributed by atoms with Gasteiger partial charge in [-0.3, -0.25) is 0 Å². The fourth-order valence-corrected chi connectivity index (χ4v) is 1.37. The Morgan fingerprint density at radius 3 is 2.88 bits per heavy atom. The summed E-state index contributed by atoms with van der Waals surface area (Å²) >= 11 is 0. The molecule has 0 heterocycles. The molecule has 0 spiro atoms. The first-order valence-corrected chi connectivity index (χ1v) is 5.08. The number of nitrogen functional groups attached to an aromatic ring is 1. The van der Waals surface area contributed by atoms with Gasteiger partial charge in [-0.05, 0) is 24.6 Å². The largest absolute Gasteiger partial charge is 0.399 e. The molecule has 0 aromatic heterocycles. The summed E-state index contributed by atoms with van der Waals surface area (Å²) in [7, 11) is 1.53. The summed E-state index contributed by atoms with van der Waals surface area (Å²) in [6.07, 6.45) is 0.0213. The number of nitrogens with two attached hydrogens (primary N) is 1. The molecule has 1 unspecified atom stereocenters. The van der Waals surface area contributed by atoms with Crippen molar-refractivity contribution in [2.24, 2.45) is 0 Å². The average Bonchev–Trinajstić information content (AvgIpc) is 2.16. The zero-order chi connectivity index (χ0) is 12.0. The van der Waals surface area contributed by atoms with Gasteiger partial charge < -0.3 is 20.9 Å². The Bertz CT molecular complexity index is 314. The number of rotatable bonds is 6. The van der Waals surface area contributed by atoms with Crippen LogP contribution in [0.3, 0.4) is 0 Å². The van der Waals surface area contributed by atoms with E-state index in [0.717, 1.165) is 0 Å². The minimum Gasteiger partial charge on any atom is -0.399 e. The van der Waals surface area contributed by atoms with Gasteiger partial charge in [0.1, 0.15) is 5.82 Å². The second-order valence-corrected chi connectivity index (χ2v) is 3.60. The van der Waals surface area contributed by atoms with Gasteiger partial charge in [0.2, 0.25) is 0 Å². The molecule has 4 nitrogen and oxygen atoms in total. The lowest BCUT2D eigenvalue weighted by Gasteiger charge is -2.11. The van der Waals surface area contributed by atoms with E-state index in [9.17, 15) is 9.50 Å². The van der Waals surface area contributed by atoms with E-state index in [0.29, 0.717) is 30.9 Å². The smallest absolute Gasteiger partial charge is 0.127 e. The molecule has 0 saturated heterocycles. The van der Waals surface area contributed by atoms with Gasteiger partial charge in [0.25, 0.3) is 0 Å². The van der Waals surface area contributed by atoms with E-state index in [1.54, 1.807) is 6.07 Å². The lowest BCUT2D eigenvalue weighted by atomic mass is 10.2. The van der Waals surface area contributed by atoms with Crippen LogP contribution in [0.15, 0.2) is 18.2 Å². The van der Waals surface area contributed by atoms with Gasteiger partial charge in [0.05, 0.1) is 12.7 Å². The molecule has 0 amide bonds. The van der Waals surface area contributed by atoms with Crippen LogP contribution in [0.4, 0.5) is 15.8 Å². The summed E-state index contributed by atoms with van der Waals surface area (Å²) < 4.78 is 17.7. The number of anilines is 2. The van der Waals surface area contributed by atoms with Gasteiger partial charge in [-0.1, -0.05) is 0 Å². The highest BCUT2D eigenvalue weighted by atomic mass is 19.1. The Kier molecular flexibility index (Phi) is 5.01. The number of hydrogen-bond donors (Lipinski definition) is 3. The predicted molar refractivity (Wildman–Crippen MR) is 61.8 cm³/mol. The third-order valence-corrected chi connectivity index (χ3v) is 2.09. The Morgan fingerprint density at radius 1 is 1.50 bits per heavy atom. The lowest BCUT2D eigenvalue weighted by Crippen LogP contribution is -2.18. The summed E-state index contributed by atoms with van der Waals surface area (Å²) in [6.45, 7) is 0.834. The van der Waals surface area contributed by atoms with E-state index in [1.165, 1.54) is 19.2 Å². The third-order valence-electron chi connectivity index (χ3n) is 2.09. The van der Waals surface area contributed by atoms with Gasteiger partial charge >= 0.3 is 0 Å². The van der Waals surface area contributed by atoms with E-state index < -0.39 is 6.10 Å². The molecule has 1 aromatic rings. The number of methoxy groups -OCH3 is 1. The second kappa shape index (κ2) is 6.30. The van der Waals surface area contributed by atoms with Crippen molar-refractivity contribution < 1.29 is 14.2 Å². The summed E-state index contributed by atoms with van der Waals surface area (Å²) in [4.78, 5) is 0. The second-order valence-electron chi connectivity index (χ2n) is 3.60. The lowest BCUT2D eigenvalue weighted by molar-refractivity contribution is 0.0615. The first-order valence-electron chi connectivity index (χ1n) is 5.08. The van der Waals surface area contributed by atoms with Crippen LogP contribution in [0.1, 0.15) is 6.42 Å². The number of hydrogen-bond acceptors (Lipinski definition) is 4. The molecule has 0 saturated carbocycles. The molecule has 5 heteroatoms. The summed E-state index contributed by atoms with van der Waals surface area (Å²) in [6, 6.07) is 4.26. The Hall–Kier alpha value is -1.33. The maximum absolute atomic E-state index is 12.9. The van der Waals surface area contributed by atoms with E-state index >= 15 is 0 Å². The standard InChI is InChI=1S/C11H17FN2O2/c1-16-7-11(15)2-3-14-10-5-8(12)4-9(13)6-10/h4-6,11,14-15H,2-3,7,13H2,1H3. The third kappa shape index (κ3) is 4.46. The minimum absolute atomic E-state index is 0.299. The Morgan fingerprint density at radius 2 is 2.25 bits per heavy atom.